The standard InChI is InChI=1S/C19H20BrN3OS2/c1-3-23-18(24)16-14-8-9-22(2)10-15(14)26-17(16)21-19(23)25-11-12-4-6-13(20)7-5-12/h4-7H,3,8-11H2,1-2H3/p+1. The number of rotatable bonds is 4. The van der Waals surface area contributed by atoms with E-state index in [2.05, 4.69) is 35.1 Å². The molecule has 0 spiro atoms. The largest absolute Gasteiger partial charge is 0.333 e. The Morgan fingerprint density at radius 2 is 2.12 bits per heavy atom. The molecule has 1 unspecified atom stereocenters. The molecule has 0 saturated carbocycles. The van der Waals surface area contributed by atoms with Gasteiger partial charge in [-0.25, -0.2) is 4.98 Å². The van der Waals surface area contributed by atoms with Gasteiger partial charge in [-0.05, 0) is 30.2 Å². The van der Waals surface area contributed by atoms with Crippen molar-refractivity contribution < 1.29 is 4.90 Å². The number of benzene rings is 1. The quantitative estimate of drug-likeness (QED) is 0.490. The van der Waals surface area contributed by atoms with Crippen LogP contribution in [-0.4, -0.2) is 23.1 Å². The number of fused-ring (bicyclic) bond motifs is 3. The molecule has 2 aromatic heterocycles. The first-order chi connectivity index (χ1) is 12.6. The van der Waals surface area contributed by atoms with Crippen LogP contribution in [0.15, 0.2) is 38.7 Å². The fourth-order valence-corrected chi connectivity index (χ4v) is 6.05. The van der Waals surface area contributed by atoms with Crippen LogP contribution in [0.4, 0.5) is 0 Å². The maximum absolute atomic E-state index is 13.2. The lowest BCUT2D eigenvalue weighted by atomic mass is 10.1. The highest BCUT2D eigenvalue weighted by Crippen LogP contribution is 2.31. The van der Waals surface area contributed by atoms with Gasteiger partial charge in [0.1, 0.15) is 11.4 Å². The SMILES string of the molecule is CCn1c(SCc2ccc(Br)cc2)nc2sc3c(c2c1=O)CC[NH+](C)C3. The lowest BCUT2D eigenvalue weighted by Gasteiger charge is -2.19. The third-order valence-corrected chi connectivity index (χ3v) is 7.52. The molecule has 7 heteroatoms. The predicted molar refractivity (Wildman–Crippen MR) is 112 cm³/mol. The van der Waals surface area contributed by atoms with Crippen LogP contribution in [0.5, 0.6) is 0 Å². The van der Waals surface area contributed by atoms with Crippen LogP contribution in [0.1, 0.15) is 22.9 Å². The second-order valence-corrected chi connectivity index (χ2v) is 9.62. The third kappa shape index (κ3) is 3.38. The molecule has 0 amide bonds. The molecular formula is C19H21BrN3OS2+. The predicted octanol–water partition coefficient (Wildman–Crippen LogP) is 3.10. The van der Waals surface area contributed by atoms with Crippen molar-refractivity contribution in [3.05, 3.63) is 55.1 Å². The highest BCUT2D eigenvalue weighted by Gasteiger charge is 2.25. The van der Waals surface area contributed by atoms with Crippen molar-refractivity contribution in [3.63, 3.8) is 0 Å². The van der Waals surface area contributed by atoms with Crippen LogP contribution in [-0.2, 0) is 25.3 Å². The number of quaternary nitrogens is 1. The van der Waals surface area contributed by atoms with Crippen molar-refractivity contribution in [2.24, 2.45) is 0 Å². The number of halogens is 1. The van der Waals surface area contributed by atoms with Crippen molar-refractivity contribution in [1.82, 2.24) is 9.55 Å². The monoisotopic (exact) mass is 450 g/mol. The number of hydrogen-bond acceptors (Lipinski definition) is 4. The van der Waals surface area contributed by atoms with Gasteiger partial charge in [0.15, 0.2) is 5.16 Å². The zero-order valence-corrected chi connectivity index (χ0v) is 18.1. The Labute approximate surface area is 169 Å². The average Bonchev–Trinajstić information content (AvgIpc) is 2.98. The van der Waals surface area contributed by atoms with Gasteiger partial charge >= 0.3 is 0 Å². The summed E-state index contributed by atoms with van der Waals surface area (Å²) in [5.74, 6) is 0.809. The van der Waals surface area contributed by atoms with Gasteiger partial charge in [0.25, 0.3) is 5.56 Å². The topological polar surface area (TPSA) is 39.3 Å². The number of thiophene rings is 1. The number of likely N-dealkylation sites (N-methyl/N-ethyl adjacent to an activating group) is 1. The van der Waals surface area contributed by atoms with E-state index in [4.69, 9.17) is 4.98 Å². The number of nitrogens with zero attached hydrogens (tertiary/aromatic N) is 2. The average molecular weight is 451 g/mol. The lowest BCUT2D eigenvalue weighted by molar-refractivity contribution is -0.895. The highest BCUT2D eigenvalue weighted by molar-refractivity contribution is 9.10. The van der Waals surface area contributed by atoms with Crippen LogP contribution < -0.4 is 10.5 Å². The first kappa shape index (κ1) is 18.2. The first-order valence-corrected chi connectivity index (χ1v) is 11.4. The third-order valence-electron chi connectivity index (χ3n) is 4.82. The number of nitrogens with one attached hydrogen (secondary N) is 1. The molecule has 1 aromatic carbocycles. The number of aromatic nitrogens is 2. The highest BCUT2D eigenvalue weighted by atomic mass is 79.9. The number of thioether (sulfide) groups is 1. The molecule has 1 N–H and O–H groups in total. The summed E-state index contributed by atoms with van der Waals surface area (Å²) in [5.41, 5.74) is 2.61. The Bertz CT molecular complexity index is 1010. The van der Waals surface area contributed by atoms with E-state index < -0.39 is 0 Å². The van der Waals surface area contributed by atoms with Gasteiger partial charge in [-0.15, -0.1) is 11.3 Å². The van der Waals surface area contributed by atoms with Crippen LogP contribution >= 0.6 is 39.0 Å². The Hall–Kier alpha value is -1.15. The smallest absolute Gasteiger partial charge is 0.263 e. The van der Waals surface area contributed by atoms with E-state index in [1.807, 2.05) is 23.6 Å². The Balaban J connectivity index is 1.72. The van der Waals surface area contributed by atoms with E-state index >= 15 is 0 Å². The minimum absolute atomic E-state index is 0.132. The molecule has 0 aliphatic carbocycles. The second-order valence-electron chi connectivity index (χ2n) is 6.68. The van der Waals surface area contributed by atoms with Gasteiger partial charge in [-0.2, -0.15) is 0 Å². The van der Waals surface area contributed by atoms with Gasteiger partial charge in [0, 0.05) is 23.2 Å². The summed E-state index contributed by atoms with van der Waals surface area (Å²) in [6, 6.07) is 8.30. The molecule has 1 atom stereocenters. The van der Waals surface area contributed by atoms with E-state index in [1.54, 1.807) is 23.1 Å². The van der Waals surface area contributed by atoms with Gasteiger partial charge in [-0.1, -0.05) is 39.8 Å². The minimum atomic E-state index is 0.132. The van der Waals surface area contributed by atoms with E-state index in [9.17, 15) is 4.79 Å². The Morgan fingerprint density at radius 1 is 1.35 bits per heavy atom. The van der Waals surface area contributed by atoms with Crippen LogP contribution in [0.2, 0.25) is 0 Å². The molecule has 3 aromatic rings. The maximum atomic E-state index is 13.2. The second kappa shape index (κ2) is 7.46. The van der Waals surface area contributed by atoms with Gasteiger partial charge in [0.05, 0.1) is 23.9 Å². The molecule has 1 aliphatic rings. The van der Waals surface area contributed by atoms with E-state index in [-0.39, 0.29) is 5.56 Å². The molecule has 4 nitrogen and oxygen atoms in total. The summed E-state index contributed by atoms with van der Waals surface area (Å²) in [7, 11) is 2.21. The molecule has 0 radical (unpaired) electrons. The van der Waals surface area contributed by atoms with Crippen molar-refractivity contribution in [3.8, 4) is 0 Å². The molecule has 1 aliphatic heterocycles. The molecule has 0 saturated heterocycles. The summed E-state index contributed by atoms with van der Waals surface area (Å²) < 4.78 is 2.91. The summed E-state index contributed by atoms with van der Waals surface area (Å²) >= 11 is 6.82. The van der Waals surface area contributed by atoms with E-state index in [0.29, 0.717) is 6.54 Å². The molecule has 4 rings (SSSR count). The van der Waals surface area contributed by atoms with Crippen molar-refractivity contribution in [2.75, 3.05) is 13.6 Å². The molecule has 3 heterocycles. The summed E-state index contributed by atoms with van der Waals surface area (Å²) in [6.07, 6.45) is 0.979. The molecule has 0 fully saturated rings. The van der Waals surface area contributed by atoms with Crippen molar-refractivity contribution >= 4 is 49.2 Å². The Kier molecular flexibility index (Phi) is 5.23. The van der Waals surface area contributed by atoms with Crippen LogP contribution in [0, 0.1) is 0 Å². The fourth-order valence-electron chi connectivity index (χ4n) is 3.39. The molecule has 136 valence electrons. The summed E-state index contributed by atoms with van der Waals surface area (Å²) in [4.78, 5) is 21.8. The molecule has 0 bridgehead atoms. The van der Waals surface area contributed by atoms with E-state index in [0.717, 1.165) is 45.1 Å². The van der Waals surface area contributed by atoms with Crippen molar-refractivity contribution in [2.45, 2.75) is 37.3 Å². The number of hydrogen-bond donors (Lipinski definition) is 1. The van der Waals surface area contributed by atoms with Gasteiger partial charge in [-0.3, -0.25) is 9.36 Å². The van der Waals surface area contributed by atoms with Crippen molar-refractivity contribution in [1.29, 1.82) is 0 Å². The van der Waals surface area contributed by atoms with Crippen LogP contribution in [0.3, 0.4) is 0 Å². The summed E-state index contributed by atoms with van der Waals surface area (Å²) in [5, 5.41) is 1.69. The van der Waals surface area contributed by atoms with Gasteiger partial charge in [0.2, 0.25) is 0 Å². The normalized spacial score (nSPS) is 16.8. The molecule has 26 heavy (non-hydrogen) atoms. The van der Waals surface area contributed by atoms with Crippen LogP contribution in [0.25, 0.3) is 10.2 Å². The minimum Gasteiger partial charge on any atom is -0.333 e. The van der Waals surface area contributed by atoms with E-state index in [1.165, 1.54) is 20.9 Å². The maximum Gasteiger partial charge on any atom is 0.263 e. The molecular weight excluding hydrogens is 430 g/mol. The zero-order valence-electron chi connectivity index (χ0n) is 14.8. The Morgan fingerprint density at radius 3 is 2.85 bits per heavy atom. The first-order valence-electron chi connectivity index (χ1n) is 8.80. The lowest BCUT2D eigenvalue weighted by Crippen LogP contribution is -3.08. The van der Waals surface area contributed by atoms with Gasteiger partial charge < -0.3 is 4.90 Å². The fraction of sp³-hybridized carbons (Fsp3) is 0.368. The summed E-state index contributed by atoms with van der Waals surface area (Å²) in [6.45, 7) is 4.77. The zero-order chi connectivity index (χ0) is 18.3.